The van der Waals surface area contributed by atoms with E-state index < -0.39 is 27.0 Å². The molecule has 28 heavy (non-hydrogen) atoms. The largest absolute Gasteiger partial charge is 1.00 e. The second kappa shape index (κ2) is 15.3. The molecule has 2 rings (SSSR count). The van der Waals surface area contributed by atoms with Gasteiger partial charge in [0.15, 0.2) is 0 Å². The third-order valence-electron chi connectivity index (χ3n) is 3.49. The first kappa shape index (κ1) is 33.5. The molecule has 6 nitrogen and oxygen atoms in total. The van der Waals surface area contributed by atoms with Crippen molar-refractivity contribution in [3.63, 3.8) is 0 Å². The molecule has 0 aliphatic rings. The second-order valence-corrected chi connectivity index (χ2v) is 9.21. The van der Waals surface area contributed by atoms with Gasteiger partial charge in [-0.1, -0.05) is 56.1 Å². The van der Waals surface area contributed by atoms with Gasteiger partial charge in [-0.05, 0) is 35.2 Å². The molecular formula is C16H14FK3O6P2. The normalized spacial score (nSPS) is 14.2. The van der Waals surface area contributed by atoms with Crippen LogP contribution in [0.4, 0.5) is 4.39 Å². The van der Waals surface area contributed by atoms with Gasteiger partial charge in [0.25, 0.3) is 0 Å². The van der Waals surface area contributed by atoms with Gasteiger partial charge in [0.1, 0.15) is 13.4 Å². The number of hydrogen-bond donors (Lipinski definition) is 1. The predicted molar refractivity (Wildman–Crippen MR) is 86.7 cm³/mol. The van der Waals surface area contributed by atoms with Crippen molar-refractivity contribution in [1.82, 2.24) is 0 Å². The minimum atomic E-state index is -5.48. The van der Waals surface area contributed by atoms with Crippen molar-refractivity contribution in [2.75, 3.05) is 0 Å². The fraction of sp³-hybridized carbons (Fsp3) is 0.125. The van der Waals surface area contributed by atoms with Crippen LogP contribution in [0.25, 0.3) is 17.2 Å². The Bertz CT molecular complexity index is 828. The van der Waals surface area contributed by atoms with Crippen molar-refractivity contribution in [3.05, 3.63) is 66.0 Å². The van der Waals surface area contributed by atoms with E-state index in [0.29, 0.717) is 5.56 Å². The van der Waals surface area contributed by atoms with E-state index in [9.17, 15) is 28.2 Å². The summed E-state index contributed by atoms with van der Waals surface area (Å²) in [6.45, 7) is 0. The van der Waals surface area contributed by atoms with Crippen LogP contribution >= 0.6 is 15.2 Å². The van der Waals surface area contributed by atoms with E-state index in [-0.39, 0.29) is 160 Å². The Kier molecular flexibility index (Phi) is 18.3. The molecule has 0 saturated carbocycles. The summed E-state index contributed by atoms with van der Waals surface area (Å²) in [6, 6.07) is 12.8. The maximum Gasteiger partial charge on any atom is 1.00 e. The maximum absolute atomic E-state index is 12.9. The zero-order valence-corrected chi connectivity index (χ0v) is 27.0. The Morgan fingerprint density at radius 1 is 0.893 bits per heavy atom. The van der Waals surface area contributed by atoms with Crippen LogP contribution in [-0.4, -0.2) is 10.3 Å². The number of halogens is 1. The van der Waals surface area contributed by atoms with Crippen molar-refractivity contribution >= 4 is 21.3 Å². The van der Waals surface area contributed by atoms with Gasteiger partial charge < -0.3 is 28.7 Å². The Labute approximate surface area is 290 Å². The van der Waals surface area contributed by atoms with E-state index >= 15 is 0 Å². The van der Waals surface area contributed by atoms with Crippen molar-refractivity contribution in [2.45, 2.75) is 11.8 Å². The van der Waals surface area contributed by atoms with E-state index in [0.717, 1.165) is 11.1 Å². The molecule has 1 N–H and O–H groups in total. The van der Waals surface area contributed by atoms with Gasteiger partial charge in [0.2, 0.25) is 0 Å². The average Bonchev–Trinajstić information content (AvgIpc) is 2.50. The molecule has 0 radical (unpaired) electrons. The zero-order chi connectivity index (χ0) is 18.7. The fourth-order valence-electron chi connectivity index (χ4n) is 2.20. The molecule has 0 bridgehead atoms. The summed E-state index contributed by atoms with van der Waals surface area (Å²) in [7, 11) is -10.8. The number of hydrogen-bond acceptors (Lipinski definition) is 5. The summed E-state index contributed by atoms with van der Waals surface area (Å²) in [5.74, 6) is -0.341. The van der Waals surface area contributed by atoms with E-state index in [1.54, 1.807) is 36.4 Å². The van der Waals surface area contributed by atoms with Crippen molar-refractivity contribution in [1.29, 1.82) is 0 Å². The molecule has 2 atom stereocenters. The van der Waals surface area contributed by atoms with Gasteiger partial charge in [-0.2, -0.15) is 0 Å². The molecule has 0 heterocycles. The Morgan fingerprint density at radius 3 is 1.71 bits per heavy atom. The van der Waals surface area contributed by atoms with E-state index in [2.05, 4.69) is 0 Å². The van der Waals surface area contributed by atoms with Gasteiger partial charge in [0.05, 0.1) is 5.40 Å². The van der Waals surface area contributed by atoms with Gasteiger partial charge in [-0.3, -0.25) is 0 Å². The second-order valence-electron chi connectivity index (χ2n) is 5.35. The molecule has 2 aromatic rings. The first-order valence-corrected chi connectivity index (χ1v) is 10.4. The maximum atomic E-state index is 12.9. The fourth-order valence-corrected chi connectivity index (χ4v) is 4.39. The van der Waals surface area contributed by atoms with Crippen LogP contribution in [0.2, 0.25) is 0 Å². The molecule has 0 aliphatic heterocycles. The smallest absolute Gasteiger partial charge is 0.810 e. The van der Waals surface area contributed by atoms with E-state index in [4.69, 9.17) is 4.89 Å². The predicted octanol–water partition coefficient (Wildman–Crippen LogP) is -7.31. The molecule has 0 saturated heterocycles. The van der Waals surface area contributed by atoms with Gasteiger partial charge in [0, 0.05) is 0 Å². The summed E-state index contributed by atoms with van der Waals surface area (Å²) in [5, 5.41) is -2.38. The molecule has 0 aliphatic carbocycles. The summed E-state index contributed by atoms with van der Waals surface area (Å²) < 4.78 is 34.8. The van der Waals surface area contributed by atoms with Gasteiger partial charge in [-0.15, -0.1) is 0 Å². The first-order chi connectivity index (χ1) is 11.6. The summed E-state index contributed by atoms with van der Waals surface area (Å²) in [5.41, 5.74) is 2.27. The van der Waals surface area contributed by atoms with Crippen LogP contribution in [0, 0.1) is 5.82 Å². The molecular weight excluding hydrogens is 486 g/mol. The molecule has 2 unspecified atom stereocenters. The molecule has 0 spiro atoms. The zero-order valence-electron chi connectivity index (χ0n) is 15.8. The number of rotatable bonds is 6. The van der Waals surface area contributed by atoms with Gasteiger partial charge in [-0.25, -0.2) is 4.39 Å². The summed E-state index contributed by atoms with van der Waals surface area (Å²) >= 11 is 0. The van der Waals surface area contributed by atoms with Gasteiger partial charge >= 0.3 is 154 Å². The van der Waals surface area contributed by atoms with E-state index in [1.165, 1.54) is 24.3 Å². The van der Waals surface area contributed by atoms with Crippen LogP contribution in [0.15, 0.2) is 54.6 Å². The van der Waals surface area contributed by atoms with Crippen molar-refractivity contribution in [3.8, 4) is 11.1 Å². The summed E-state index contributed by atoms with van der Waals surface area (Å²) in [4.78, 5) is 41.7. The standard InChI is InChI=1S/C16H17FO6P2.3K/c17-15-10-8-14(9-11-15)13-6-4-12(5-7-13)2-1-3-16(24(18,19)20)25(21,22)23;;;/h1-2,4-11,16H,3H2,(H2,18,19,20)(H2,21,22,23);;;/q;3*+1/p-3/b2-1+;;;. The number of benzene rings is 2. The molecule has 0 amide bonds. The first-order valence-electron chi connectivity index (χ1n) is 7.15. The Hall–Kier alpha value is 3.32. The number of allylic oxidation sites excluding steroid dienone is 1. The average molecular weight is 501 g/mol. The van der Waals surface area contributed by atoms with Crippen LogP contribution in [-0.2, 0) is 9.13 Å². The molecule has 2 aromatic carbocycles. The van der Waals surface area contributed by atoms with Crippen molar-refractivity contribution in [2.24, 2.45) is 0 Å². The van der Waals surface area contributed by atoms with Crippen LogP contribution < -0.4 is 169 Å². The van der Waals surface area contributed by atoms with E-state index in [1.807, 2.05) is 0 Å². The van der Waals surface area contributed by atoms with Crippen LogP contribution in [0.1, 0.15) is 12.0 Å². The minimum absolute atomic E-state index is 0. The minimum Gasteiger partial charge on any atom is -0.810 e. The van der Waals surface area contributed by atoms with Crippen LogP contribution in [0.3, 0.4) is 0 Å². The monoisotopic (exact) mass is 500 g/mol. The quantitative estimate of drug-likeness (QED) is 0.311. The molecule has 0 aromatic heterocycles. The third-order valence-corrected chi connectivity index (χ3v) is 7.12. The molecule has 0 fully saturated rings. The third kappa shape index (κ3) is 11.4. The molecule has 134 valence electrons. The SMILES string of the molecule is O=P([O-])([O-])C(C/C=C/c1ccc(-c2ccc(F)cc2)cc1)P(=O)([O-])O.[K+].[K+].[K+]. The Balaban J connectivity index is 0. The topological polar surface area (TPSA) is 124 Å². The molecule has 12 heteroatoms. The van der Waals surface area contributed by atoms with Crippen LogP contribution in [0.5, 0.6) is 0 Å². The Morgan fingerprint density at radius 2 is 1.32 bits per heavy atom. The van der Waals surface area contributed by atoms with Crippen molar-refractivity contribution < 1.29 is 187 Å². The summed E-state index contributed by atoms with van der Waals surface area (Å²) in [6.07, 6.45) is 1.99.